The van der Waals surface area contributed by atoms with Crippen molar-refractivity contribution in [3.8, 4) is 28.3 Å². The molecule has 10 nitrogen and oxygen atoms in total. The lowest BCUT2D eigenvalue weighted by atomic mass is 10.0. The molecule has 4 rings (SSSR count). The van der Waals surface area contributed by atoms with Gasteiger partial charge in [0.1, 0.15) is 30.0 Å². The molecule has 0 saturated carbocycles. The summed E-state index contributed by atoms with van der Waals surface area (Å²) < 4.78 is 16.7. The summed E-state index contributed by atoms with van der Waals surface area (Å²) in [6, 6.07) is 22.7. The van der Waals surface area contributed by atoms with Crippen molar-refractivity contribution in [1.29, 1.82) is 0 Å². The van der Waals surface area contributed by atoms with Gasteiger partial charge in [0.25, 0.3) is 0 Å². The Morgan fingerprint density at radius 3 is 2.04 bits per heavy atom. The van der Waals surface area contributed by atoms with E-state index in [1.165, 1.54) is 32.6 Å². The van der Waals surface area contributed by atoms with Crippen LogP contribution >= 0.6 is 0 Å². The molecule has 0 fully saturated rings. The summed E-state index contributed by atoms with van der Waals surface area (Å²) in [4.78, 5) is 47.9. The second-order valence-corrected chi connectivity index (χ2v) is 13.5. The second kappa shape index (κ2) is 19.2. The second-order valence-electron chi connectivity index (χ2n) is 13.5. The first kappa shape index (κ1) is 38.6. The summed E-state index contributed by atoms with van der Waals surface area (Å²) in [6.07, 6.45) is 8.97. The van der Waals surface area contributed by atoms with Crippen molar-refractivity contribution < 1.29 is 28.6 Å². The number of unbranched alkanes of at least 4 members (excludes halogenated alkanes) is 4. The van der Waals surface area contributed by atoms with Crippen molar-refractivity contribution in [3.05, 3.63) is 102 Å². The van der Waals surface area contributed by atoms with E-state index in [9.17, 15) is 14.4 Å². The lowest BCUT2D eigenvalue weighted by Gasteiger charge is -2.24. The topological polar surface area (TPSA) is 129 Å². The summed E-state index contributed by atoms with van der Waals surface area (Å²) in [5.74, 6) is 0.279. The van der Waals surface area contributed by atoms with Crippen molar-refractivity contribution in [2.75, 3.05) is 6.61 Å². The highest BCUT2D eigenvalue weighted by molar-refractivity contribution is 5.89. The molecule has 0 radical (unpaired) electrons. The van der Waals surface area contributed by atoms with Gasteiger partial charge in [-0.15, -0.1) is 0 Å². The Bertz CT molecular complexity index is 1670. The van der Waals surface area contributed by atoms with Gasteiger partial charge in [0.2, 0.25) is 5.91 Å². The molecule has 1 heterocycles. The molecule has 10 heteroatoms. The Labute approximate surface area is 301 Å². The van der Waals surface area contributed by atoms with E-state index in [0.717, 1.165) is 46.6 Å². The zero-order valence-corrected chi connectivity index (χ0v) is 30.3. The van der Waals surface area contributed by atoms with Crippen LogP contribution in [0.1, 0.15) is 77.8 Å². The van der Waals surface area contributed by atoms with Crippen LogP contribution in [0.5, 0.6) is 5.75 Å². The van der Waals surface area contributed by atoms with Gasteiger partial charge in [0.05, 0.1) is 6.61 Å². The van der Waals surface area contributed by atoms with E-state index in [1.807, 2.05) is 78.9 Å². The average Bonchev–Trinajstić information content (AvgIpc) is 3.12. The van der Waals surface area contributed by atoms with Crippen molar-refractivity contribution in [1.82, 2.24) is 20.6 Å². The van der Waals surface area contributed by atoms with Crippen LogP contribution in [-0.2, 0) is 32.1 Å². The number of ether oxygens (including phenoxy) is 3. The van der Waals surface area contributed by atoms with Gasteiger partial charge in [-0.05, 0) is 62.9 Å². The van der Waals surface area contributed by atoms with Crippen LogP contribution in [0.4, 0.5) is 4.79 Å². The third-order valence-electron chi connectivity index (χ3n) is 7.95. The minimum Gasteiger partial charge on any atom is -0.494 e. The van der Waals surface area contributed by atoms with E-state index in [-0.39, 0.29) is 13.0 Å². The number of carbonyl (C=O) groups is 3. The van der Waals surface area contributed by atoms with Crippen LogP contribution in [-0.4, -0.2) is 52.2 Å². The minimum absolute atomic E-state index is 0.0434. The molecule has 2 amide bonds. The number of hydrogen-bond acceptors (Lipinski definition) is 8. The lowest BCUT2D eigenvalue weighted by Crippen LogP contribution is -2.52. The van der Waals surface area contributed by atoms with Gasteiger partial charge in [0.15, 0.2) is 5.82 Å². The minimum atomic E-state index is -1.03. The molecule has 1 aromatic heterocycles. The smallest absolute Gasteiger partial charge is 0.408 e. The fourth-order valence-corrected chi connectivity index (χ4v) is 5.17. The Morgan fingerprint density at radius 1 is 0.745 bits per heavy atom. The number of esters is 1. The molecular formula is C41H50N4O6. The SMILES string of the molecule is CCCCCCCOc1ccc(-c2cnc(-c3ccc(C[C@H](NC(=O)OCc4ccccc4)C(=O)N[C@H](C)C(=O)OC(C)(C)C)cc3)nc2)cc1. The van der Waals surface area contributed by atoms with Crippen LogP contribution in [0.15, 0.2) is 91.3 Å². The molecule has 0 unspecified atom stereocenters. The molecule has 51 heavy (non-hydrogen) atoms. The maximum absolute atomic E-state index is 13.4. The van der Waals surface area contributed by atoms with Gasteiger partial charge in [-0.2, -0.15) is 0 Å². The number of amides is 2. The third-order valence-corrected chi connectivity index (χ3v) is 7.95. The lowest BCUT2D eigenvalue weighted by molar-refractivity contribution is -0.158. The third kappa shape index (κ3) is 13.2. The highest BCUT2D eigenvalue weighted by Crippen LogP contribution is 2.24. The van der Waals surface area contributed by atoms with Gasteiger partial charge < -0.3 is 24.8 Å². The zero-order valence-electron chi connectivity index (χ0n) is 30.3. The largest absolute Gasteiger partial charge is 0.494 e. The molecule has 0 spiro atoms. The molecule has 0 aliphatic rings. The van der Waals surface area contributed by atoms with Crippen molar-refractivity contribution >= 4 is 18.0 Å². The molecule has 2 N–H and O–H groups in total. The summed E-state index contributed by atoms with van der Waals surface area (Å²) in [5.41, 5.74) is 3.54. The summed E-state index contributed by atoms with van der Waals surface area (Å²) in [6.45, 7) is 9.77. The number of carbonyl (C=O) groups excluding carboxylic acids is 3. The van der Waals surface area contributed by atoms with E-state index in [4.69, 9.17) is 14.2 Å². The highest BCUT2D eigenvalue weighted by Gasteiger charge is 2.28. The molecule has 0 aliphatic heterocycles. The Kier molecular flexibility index (Phi) is 14.5. The molecule has 0 saturated heterocycles. The van der Waals surface area contributed by atoms with E-state index in [0.29, 0.717) is 5.82 Å². The Morgan fingerprint density at radius 2 is 1.39 bits per heavy atom. The van der Waals surface area contributed by atoms with E-state index >= 15 is 0 Å². The predicted molar refractivity (Wildman–Crippen MR) is 198 cm³/mol. The maximum atomic E-state index is 13.4. The fraction of sp³-hybridized carbons (Fsp3) is 0.390. The van der Waals surface area contributed by atoms with Crippen LogP contribution in [0.2, 0.25) is 0 Å². The van der Waals surface area contributed by atoms with E-state index in [2.05, 4.69) is 27.5 Å². The Hall–Kier alpha value is -5.25. The quantitative estimate of drug-likeness (QED) is 0.0845. The fourth-order valence-electron chi connectivity index (χ4n) is 5.17. The first-order valence-corrected chi connectivity index (χ1v) is 17.7. The standard InChI is InChI=1S/C41H50N4O6/c1-6-7-8-9-13-24-49-35-22-20-32(21-23-35)34-26-42-37(43-27-34)33-18-16-30(17-19-33)25-36(38(46)44-29(2)39(47)51-41(3,4)5)45-40(48)50-28-31-14-11-10-12-15-31/h10-12,14-23,26-27,29,36H,6-9,13,24-25,28H2,1-5H3,(H,44,46)(H,45,48)/t29-,36+/m1/s1. The van der Waals surface area contributed by atoms with E-state index < -0.39 is 35.7 Å². The van der Waals surface area contributed by atoms with Crippen LogP contribution in [0.25, 0.3) is 22.5 Å². The van der Waals surface area contributed by atoms with E-state index in [1.54, 1.807) is 33.2 Å². The monoisotopic (exact) mass is 694 g/mol. The van der Waals surface area contributed by atoms with Gasteiger partial charge in [-0.25, -0.2) is 19.6 Å². The van der Waals surface area contributed by atoms with Crippen molar-refractivity contribution in [2.45, 2.75) is 97.4 Å². The number of nitrogens with zero attached hydrogens (tertiary/aromatic N) is 2. The number of aromatic nitrogens is 2. The zero-order chi connectivity index (χ0) is 36.6. The number of nitrogens with one attached hydrogen (secondary N) is 2. The molecular weight excluding hydrogens is 644 g/mol. The summed E-state index contributed by atoms with van der Waals surface area (Å²) >= 11 is 0. The predicted octanol–water partition coefficient (Wildman–Crippen LogP) is 7.84. The molecule has 2 atom stereocenters. The van der Waals surface area contributed by atoms with Crippen LogP contribution in [0.3, 0.4) is 0 Å². The number of rotatable bonds is 17. The van der Waals surface area contributed by atoms with Crippen molar-refractivity contribution in [2.24, 2.45) is 0 Å². The van der Waals surface area contributed by atoms with Gasteiger partial charge >= 0.3 is 12.1 Å². The van der Waals surface area contributed by atoms with Crippen LogP contribution < -0.4 is 15.4 Å². The average molecular weight is 695 g/mol. The summed E-state index contributed by atoms with van der Waals surface area (Å²) in [5, 5.41) is 5.33. The number of benzene rings is 3. The number of alkyl carbamates (subject to hydrolysis) is 1. The number of hydrogen-bond donors (Lipinski definition) is 2. The van der Waals surface area contributed by atoms with Gasteiger partial charge in [0, 0.05) is 29.9 Å². The maximum Gasteiger partial charge on any atom is 0.408 e. The van der Waals surface area contributed by atoms with Crippen molar-refractivity contribution in [3.63, 3.8) is 0 Å². The molecule has 3 aromatic carbocycles. The molecule has 0 bridgehead atoms. The molecule has 0 aliphatic carbocycles. The molecule has 270 valence electrons. The van der Waals surface area contributed by atoms with Gasteiger partial charge in [-0.3, -0.25) is 4.79 Å². The molecule has 4 aromatic rings. The van der Waals surface area contributed by atoms with Crippen LogP contribution in [0, 0.1) is 0 Å². The normalized spacial score (nSPS) is 12.3. The first-order valence-electron chi connectivity index (χ1n) is 17.7. The highest BCUT2D eigenvalue weighted by atomic mass is 16.6. The summed E-state index contributed by atoms with van der Waals surface area (Å²) in [7, 11) is 0. The van der Waals surface area contributed by atoms with Gasteiger partial charge in [-0.1, -0.05) is 99.3 Å². The Balaban J connectivity index is 1.38. The first-order chi connectivity index (χ1) is 24.5.